The van der Waals surface area contributed by atoms with Crippen molar-refractivity contribution in [1.82, 2.24) is 0 Å². The Hall–Kier alpha value is -0.620. The molecule has 0 aromatic heterocycles. The van der Waals surface area contributed by atoms with Crippen molar-refractivity contribution in [3.05, 3.63) is 34.9 Å². The first-order valence-corrected chi connectivity index (χ1v) is 6.25. The van der Waals surface area contributed by atoms with Gasteiger partial charge in [0.05, 0.1) is 0 Å². The van der Waals surface area contributed by atoms with E-state index in [2.05, 4.69) is 0 Å². The molecule has 0 spiro atoms. The maximum atomic E-state index is 11.1. The summed E-state index contributed by atoms with van der Waals surface area (Å²) in [5, 5.41) is -0.570. The SMILES string of the molecule is NCCC(c1cccc(Cl)c1)S(=O)(=O)O. The Kier molecular flexibility index (Phi) is 4.10. The highest BCUT2D eigenvalue weighted by atomic mass is 35.5. The molecule has 0 aliphatic rings. The smallest absolute Gasteiger partial charge is 0.272 e. The maximum absolute atomic E-state index is 11.1. The summed E-state index contributed by atoms with van der Waals surface area (Å²) >= 11 is 5.73. The van der Waals surface area contributed by atoms with Crippen molar-refractivity contribution >= 4 is 21.7 Å². The van der Waals surface area contributed by atoms with Crippen LogP contribution in [0.4, 0.5) is 0 Å². The van der Waals surface area contributed by atoms with Gasteiger partial charge in [0.25, 0.3) is 10.1 Å². The summed E-state index contributed by atoms with van der Waals surface area (Å²) in [6, 6.07) is 6.37. The Morgan fingerprint density at radius 1 is 1.47 bits per heavy atom. The van der Waals surface area contributed by atoms with Gasteiger partial charge in [0.2, 0.25) is 0 Å². The van der Waals surface area contributed by atoms with Gasteiger partial charge in [-0.25, -0.2) is 0 Å². The van der Waals surface area contributed by atoms with E-state index in [1.54, 1.807) is 18.2 Å². The standard InChI is InChI=1S/C9H12ClNO3S/c10-8-3-1-2-7(6-8)9(4-5-11)15(12,13)14/h1-3,6,9H,4-5,11H2,(H,12,13,14). The Labute approximate surface area is 93.8 Å². The second-order valence-corrected chi connectivity index (χ2v) is 5.17. The Morgan fingerprint density at radius 2 is 2.13 bits per heavy atom. The zero-order valence-corrected chi connectivity index (χ0v) is 9.50. The second kappa shape index (κ2) is 4.94. The number of hydrogen-bond acceptors (Lipinski definition) is 3. The Morgan fingerprint density at radius 3 is 2.60 bits per heavy atom. The lowest BCUT2D eigenvalue weighted by Crippen LogP contribution is -2.16. The van der Waals surface area contributed by atoms with E-state index in [1.165, 1.54) is 6.07 Å². The highest BCUT2D eigenvalue weighted by Gasteiger charge is 2.24. The number of benzene rings is 1. The van der Waals surface area contributed by atoms with Crippen molar-refractivity contribution in [2.24, 2.45) is 5.73 Å². The lowest BCUT2D eigenvalue weighted by Gasteiger charge is -2.13. The third-order valence-corrected chi connectivity index (χ3v) is 3.47. The summed E-state index contributed by atoms with van der Waals surface area (Å²) < 4.78 is 31.2. The van der Waals surface area contributed by atoms with Crippen LogP contribution >= 0.6 is 11.6 Å². The van der Waals surface area contributed by atoms with Crippen LogP contribution in [-0.4, -0.2) is 19.5 Å². The molecule has 1 atom stereocenters. The van der Waals surface area contributed by atoms with Gasteiger partial charge < -0.3 is 5.73 Å². The fourth-order valence-electron chi connectivity index (χ4n) is 1.35. The molecule has 0 radical (unpaired) electrons. The van der Waals surface area contributed by atoms with E-state index in [1.807, 2.05) is 0 Å². The first-order valence-electron chi connectivity index (χ1n) is 4.37. The van der Waals surface area contributed by atoms with Crippen molar-refractivity contribution in [2.75, 3.05) is 6.54 Å². The molecule has 0 saturated carbocycles. The average molecular weight is 250 g/mol. The van der Waals surface area contributed by atoms with E-state index in [9.17, 15) is 8.42 Å². The van der Waals surface area contributed by atoms with E-state index >= 15 is 0 Å². The molecule has 0 aliphatic carbocycles. The molecule has 15 heavy (non-hydrogen) atoms. The van der Waals surface area contributed by atoms with Crippen molar-refractivity contribution < 1.29 is 13.0 Å². The minimum atomic E-state index is -4.14. The van der Waals surface area contributed by atoms with Crippen LogP contribution in [0, 0.1) is 0 Å². The zero-order chi connectivity index (χ0) is 11.5. The van der Waals surface area contributed by atoms with Crippen LogP contribution in [-0.2, 0) is 10.1 Å². The van der Waals surface area contributed by atoms with Crippen molar-refractivity contribution in [1.29, 1.82) is 0 Å². The average Bonchev–Trinajstić information content (AvgIpc) is 2.12. The molecule has 3 N–H and O–H groups in total. The molecule has 0 amide bonds. The first kappa shape index (κ1) is 12.4. The van der Waals surface area contributed by atoms with Gasteiger partial charge in [-0.05, 0) is 30.7 Å². The molecule has 0 heterocycles. The van der Waals surface area contributed by atoms with Crippen LogP contribution in [0.1, 0.15) is 17.2 Å². The summed E-state index contributed by atoms with van der Waals surface area (Å²) in [5.74, 6) is 0. The van der Waals surface area contributed by atoms with E-state index in [0.717, 1.165) is 0 Å². The third-order valence-electron chi connectivity index (χ3n) is 2.01. The number of halogens is 1. The largest absolute Gasteiger partial charge is 0.330 e. The van der Waals surface area contributed by atoms with Crippen LogP contribution in [0.5, 0.6) is 0 Å². The molecule has 0 aliphatic heterocycles. The Bertz CT molecular complexity index is 433. The highest BCUT2D eigenvalue weighted by molar-refractivity contribution is 7.86. The van der Waals surface area contributed by atoms with E-state index in [4.69, 9.17) is 21.9 Å². The molecular weight excluding hydrogens is 238 g/mol. The monoisotopic (exact) mass is 249 g/mol. The molecule has 1 aromatic carbocycles. The van der Waals surface area contributed by atoms with Crippen LogP contribution < -0.4 is 5.73 Å². The second-order valence-electron chi connectivity index (χ2n) is 3.14. The summed E-state index contributed by atoms with van der Waals surface area (Å²) in [6.45, 7) is 0.178. The minimum Gasteiger partial charge on any atom is -0.330 e. The summed E-state index contributed by atoms with van der Waals surface area (Å²) in [4.78, 5) is 0. The summed E-state index contributed by atoms with van der Waals surface area (Å²) in [7, 11) is -4.14. The van der Waals surface area contributed by atoms with E-state index in [0.29, 0.717) is 10.6 Å². The predicted molar refractivity (Wildman–Crippen MR) is 59.4 cm³/mol. The Balaban J connectivity index is 3.10. The first-order chi connectivity index (χ1) is 6.95. The zero-order valence-electron chi connectivity index (χ0n) is 7.93. The lowest BCUT2D eigenvalue weighted by atomic mass is 10.1. The maximum Gasteiger partial charge on any atom is 0.272 e. The van der Waals surface area contributed by atoms with Gasteiger partial charge in [0, 0.05) is 5.02 Å². The minimum absolute atomic E-state index is 0.166. The fraction of sp³-hybridized carbons (Fsp3) is 0.333. The number of rotatable bonds is 4. The third kappa shape index (κ3) is 3.46. The van der Waals surface area contributed by atoms with Gasteiger partial charge in [0.15, 0.2) is 0 Å². The summed E-state index contributed by atoms with van der Waals surface area (Å²) in [5.41, 5.74) is 5.75. The van der Waals surface area contributed by atoms with Crippen LogP contribution in [0.2, 0.25) is 5.02 Å². The molecule has 1 rings (SSSR count). The van der Waals surface area contributed by atoms with Crippen LogP contribution in [0.3, 0.4) is 0 Å². The molecule has 6 heteroatoms. The molecule has 0 saturated heterocycles. The molecular formula is C9H12ClNO3S. The van der Waals surface area contributed by atoms with Gasteiger partial charge in [-0.1, -0.05) is 23.7 Å². The molecule has 1 aromatic rings. The topological polar surface area (TPSA) is 80.4 Å². The molecule has 1 unspecified atom stereocenters. The van der Waals surface area contributed by atoms with Gasteiger partial charge in [-0.15, -0.1) is 0 Å². The fourth-order valence-corrected chi connectivity index (χ4v) is 2.47. The lowest BCUT2D eigenvalue weighted by molar-refractivity contribution is 0.465. The van der Waals surface area contributed by atoms with Crippen LogP contribution in [0.25, 0.3) is 0 Å². The van der Waals surface area contributed by atoms with E-state index in [-0.39, 0.29) is 13.0 Å². The van der Waals surface area contributed by atoms with Crippen LogP contribution in [0.15, 0.2) is 24.3 Å². The van der Waals surface area contributed by atoms with Gasteiger partial charge in [-0.2, -0.15) is 8.42 Å². The van der Waals surface area contributed by atoms with E-state index < -0.39 is 15.4 Å². The number of hydrogen-bond donors (Lipinski definition) is 2. The molecule has 0 bridgehead atoms. The summed E-state index contributed by atoms with van der Waals surface area (Å²) in [6.07, 6.45) is 0.166. The molecule has 84 valence electrons. The quantitative estimate of drug-likeness (QED) is 0.795. The molecule has 0 fully saturated rings. The van der Waals surface area contributed by atoms with Gasteiger partial charge in [0.1, 0.15) is 5.25 Å². The molecule has 4 nitrogen and oxygen atoms in total. The van der Waals surface area contributed by atoms with Crippen molar-refractivity contribution in [3.63, 3.8) is 0 Å². The van der Waals surface area contributed by atoms with Crippen molar-refractivity contribution in [3.8, 4) is 0 Å². The normalized spacial score (nSPS) is 13.8. The number of nitrogens with two attached hydrogens (primary N) is 1. The predicted octanol–water partition coefficient (Wildman–Crippen LogP) is 1.62. The van der Waals surface area contributed by atoms with Gasteiger partial charge in [-0.3, -0.25) is 4.55 Å². The highest BCUT2D eigenvalue weighted by Crippen LogP contribution is 2.26. The van der Waals surface area contributed by atoms with Crippen molar-refractivity contribution in [2.45, 2.75) is 11.7 Å². The van der Waals surface area contributed by atoms with Gasteiger partial charge >= 0.3 is 0 Å².